The molecule has 0 atom stereocenters. The van der Waals surface area contributed by atoms with Crippen molar-refractivity contribution in [2.45, 2.75) is 18.3 Å². The highest BCUT2D eigenvalue weighted by molar-refractivity contribution is 7.10. The molecule has 0 radical (unpaired) electrons. The van der Waals surface area contributed by atoms with Crippen LogP contribution < -0.4 is 10.6 Å². The minimum absolute atomic E-state index is 0.168. The van der Waals surface area contributed by atoms with Gasteiger partial charge in [0.2, 0.25) is 0 Å². The topological polar surface area (TPSA) is 67.4 Å². The summed E-state index contributed by atoms with van der Waals surface area (Å²) in [6, 6.07) is 10.8. The number of thiophene rings is 1. The molecule has 25 heavy (non-hydrogen) atoms. The summed E-state index contributed by atoms with van der Waals surface area (Å²) in [7, 11) is 0. The van der Waals surface area contributed by atoms with Crippen LogP contribution in [0.4, 0.5) is 5.69 Å². The summed E-state index contributed by atoms with van der Waals surface area (Å²) in [5.41, 5.74) is 0.324. The van der Waals surface area contributed by atoms with Crippen molar-refractivity contribution in [3.63, 3.8) is 0 Å². The third kappa shape index (κ3) is 4.39. The third-order valence-corrected chi connectivity index (χ3v) is 5.72. The van der Waals surface area contributed by atoms with Gasteiger partial charge in [-0.15, -0.1) is 11.3 Å². The third-order valence-electron chi connectivity index (χ3n) is 4.37. The number of ether oxygens (including phenoxy) is 1. The highest BCUT2D eigenvalue weighted by atomic mass is 35.5. The molecule has 1 saturated heterocycles. The van der Waals surface area contributed by atoms with Crippen LogP contribution in [0.2, 0.25) is 5.02 Å². The molecule has 3 rings (SSSR count). The molecule has 0 saturated carbocycles. The molecule has 0 unspecified atom stereocenters. The lowest BCUT2D eigenvalue weighted by molar-refractivity contribution is -0.136. The van der Waals surface area contributed by atoms with E-state index in [2.05, 4.69) is 16.7 Å². The molecule has 0 bridgehead atoms. The van der Waals surface area contributed by atoms with Gasteiger partial charge in [-0.05, 0) is 42.5 Å². The van der Waals surface area contributed by atoms with E-state index in [-0.39, 0.29) is 5.41 Å². The Morgan fingerprint density at radius 3 is 2.64 bits per heavy atom. The van der Waals surface area contributed by atoms with E-state index in [1.54, 1.807) is 35.6 Å². The standard InChI is InChI=1S/C18H19ClN2O3S/c19-13-3-1-4-14(11-13)21-17(23)16(22)20-12-18(6-8-24-9-7-18)15-5-2-10-25-15/h1-5,10-11H,6-9,12H2,(H,20,22)(H,21,23). The number of carbonyl (C=O) groups excluding carboxylic acids is 2. The van der Waals surface area contributed by atoms with Gasteiger partial charge in [0.15, 0.2) is 0 Å². The Morgan fingerprint density at radius 2 is 1.96 bits per heavy atom. The van der Waals surface area contributed by atoms with Crippen LogP contribution in [-0.4, -0.2) is 31.6 Å². The van der Waals surface area contributed by atoms with Crippen LogP contribution in [0.3, 0.4) is 0 Å². The molecule has 2 N–H and O–H groups in total. The van der Waals surface area contributed by atoms with E-state index in [1.807, 2.05) is 11.4 Å². The lowest BCUT2D eigenvalue weighted by Crippen LogP contribution is -2.46. The maximum atomic E-state index is 12.2. The predicted octanol–water partition coefficient (Wildman–Crippen LogP) is 3.20. The van der Waals surface area contributed by atoms with Crippen molar-refractivity contribution in [1.82, 2.24) is 5.32 Å². The lowest BCUT2D eigenvalue weighted by Gasteiger charge is -2.36. The van der Waals surface area contributed by atoms with Gasteiger partial charge in [0.25, 0.3) is 0 Å². The summed E-state index contributed by atoms with van der Waals surface area (Å²) in [6.45, 7) is 1.73. The maximum Gasteiger partial charge on any atom is 0.313 e. The average molecular weight is 379 g/mol. The second-order valence-electron chi connectivity index (χ2n) is 6.02. The zero-order valence-electron chi connectivity index (χ0n) is 13.6. The molecule has 1 aromatic carbocycles. The molecule has 5 nitrogen and oxygen atoms in total. The first-order chi connectivity index (χ1) is 12.1. The molecule has 0 aliphatic carbocycles. The van der Waals surface area contributed by atoms with Gasteiger partial charge in [-0.25, -0.2) is 0 Å². The fourth-order valence-electron chi connectivity index (χ4n) is 2.94. The maximum absolute atomic E-state index is 12.2. The second kappa shape index (κ2) is 7.99. The number of hydrogen-bond acceptors (Lipinski definition) is 4. The van der Waals surface area contributed by atoms with E-state index in [0.717, 1.165) is 12.8 Å². The van der Waals surface area contributed by atoms with E-state index >= 15 is 0 Å². The molecular weight excluding hydrogens is 360 g/mol. The van der Waals surface area contributed by atoms with Crippen molar-refractivity contribution in [2.24, 2.45) is 0 Å². The quantitative estimate of drug-likeness (QED) is 0.803. The van der Waals surface area contributed by atoms with E-state index in [1.165, 1.54) is 4.88 Å². The number of carbonyl (C=O) groups is 2. The molecule has 1 aliphatic heterocycles. The van der Waals surface area contributed by atoms with Crippen LogP contribution in [0.5, 0.6) is 0 Å². The number of benzene rings is 1. The van der Waals surface area contributed by atoms with Crippen molar-refractivity contribution in [3.8, 4) is 0 Å². The minimum Gasteiger partial charge on any atom is -0.381 e. The average Bonchev–Trinajstić information content (AvgIpc) is 3.16. The van der Waals surface area contributed by atoms with Gasteiger partial charge in [-0.1, -0.05) is 23.7 Å². The second-order valence-corrected chi connectivity index (χ2v) is 7.40. The Hall–Kier alpha value is -1.89. The van der Waals surface area contributed by atoms with Crippen LogP contribution in [0.15, 0.2) is 41.8 Å². The fourth-order valence-corrected chi connectivity index (χ4v) is 4.11. The van der Waals surface area contributed by atoms with Crippen molar-refractivity contribution >= 4 is 40.4 Å². The predicted molar refractivity (Wildman–Crippen MR) is 99.1 cm³/mol. The number of anilines is 1. The Morgan fingerprint density at radius 1 is 1.16 bits per heavy atom. The summed E-state index contributed by atoms with van der Waals surface area (Å²) < 4.78 is 5.47. The van der Waals surface area contributed by atoms with Crippen LogP contribution in [-0.2, 0) is 19.7 Å². The van der Waals surface area contributed by atoms with Gasteiger partial charge in [0, 0.05) is 40.8 Å². The summed E-state index contributed by atoms with van der Waals surface area (Å²) in [5, 5.41) is 7.87. The molecular formula is C18H19ClN2O3S. The van der Waals surface area contributed by atoms with E-state index in [0.29, 0.717) is 30.5 Å². The Bertz CT molecular complexity index is 743. The number of rotatable bonds is 4. The van der Waals surface area contributed by atoms with Gasteiger partial charge in [-0.2, -0.15) is 0 Å². The molecule has 1 fully saturated rings. The monoisotopic (exact) mass is 378 g/mol. The Labute approximate surface area is 155 Å². The summed E-state index contributed by atoms with van der Waals surface area (Å²) in [5.74, 6) is -1.35. The van der Waals surface area contributed by atoms with E-state index in [9.17, 15) is 9.59 Å². The van der Waals surface area contributed by atoms with Crippen LogP contribution in [0.1, 0.15) is 17.7 Å². The Kier molecular flexibility index (Phi) is 5.73. The lowest BCUT2D eigenvalue weighted by atomic mass is 9.78. The number of halogens is 1. The van der Waals surface area contributed by atoms with Crippen molar-refractivity contribution < 1.29 is 14.3 Å². The van der Waals surface area contributed by atoms with Crippen LogP contribution >= 0.6 is 22.9 Å². The first-order valence-corrected chi connectivity index (χ1v) is 9.31. The number of nitrogens with one attached hydrogen (secondary N) is 2. The summed E-state index contributed by atoms with van der Waals surface area (Å²) >= 11 is 7.55. The molecule has 1 aromatic heterocycles. The first-order valence-electron chi connectivity index (χ1n) is 8.06. The van der Waals surface area contributed by atoms with Gasteiger partial charge in [-0.3, -0.25) is 9.59 Å². The molecule has 2 aromatic rings. The van der Waals surface area contributed by atoms with Crippen LogP contribution in [0, 0.1) is 0 Å². The largest absolute Gasteiger partial charge is 0.381 e. The zero-order chi connectivity index (χ0) is 17.7. The molecule has 0 spiro atoms. The SMILES string of the molecule is O=C(NCC1(c2cccs2)CCOCC1)C(=O)Nc1cccc(Cl)c1. The molecule has 7 heteroatoms. The van der Waals surface area contributed by atoms with Crippen molar-refractivity contribution in [3.05, 3.63) is 51.7 Å². The van der Waals surface area contributed by atoms with Crippen molar-refractivity contribution in [1.29, 1.82) is 0 Å². The van der Waals surface area contributed by atoms with Crippen LogP contribution in [0.25, 0.3) is 0 Å². The fraction of sp³-hybridized carbons (Fsp3) is 0.333. The normalized spacial score (nSPS) is 16.2. The van der Waals surface area contributed by atoms with Gasteiger partial charge >= 0.3 is 11.8 Å². The van der Waals surface area contributed by atoms with Crippen molar-refractivity contribution in [2.75, 3.05) is 25.1 Å². The highest BCUT2D eigenvalue weighted by Gasteiger charge is 2.36. The Balaban J connectivity index is 1.62. The number of amides is 2. The summed E-state index contributed by atoms with van der Waals surface area (Å²) in [6.07, 6.45) is 1.65. The minimum atomic E-state index is -0.698. The molecule has 132 valence electrons. The van der Waals surface area contributed by atoms with Gasteiger partial charge in [0.05, 0.1) is 0 Å². The smallest absolute Gasteiger partial charge is 0.313 e. The molecule has 1 aliphatic rings. The first kappa shape index (κ1) is 17.9. The van der Waals surface area contributed by atoms with Gasteiger partial charge < -0.3 is 15.4 Å². The molecule has 2 heterocycles. The zero-order valence-corrected chi connectivity index (χ0v) is 15.2. The van der Waals surface area contributed by atoms with E-state index < -0.39 is 11.8 Å². The highest BCUT2D eigenvalue weighted by Crippen LogP contribution is 2.36. The van der Waals surface area contributed by atoms with E-state index in [4.69, 9.17) is 16.3 Å². The number of hydrogen-bond donors (Lipinski definition) is 2. The van der Waals surface area contributed by atoms with Gasteiger partial charge in [0.1, 0.15) is 0 Å². The molecule has 2 amide bonds. The summed E-state index contributed by atoms with van der Waals surface area (Å²) in [4.78, 5) is 25.5.